The van der Waals surface area contributed by atoms with Crippen LogP contribution in [0.1, 0.15) is 25.1 Å². The van der Waals surface area contributed by atoms with Gasteiger partial charge in [0.05, 0.1) is 0 Å². The van der Waals surface area contributed by atoms with Gasteiger partial charge in [0.25, 0.3) is 0 Å². The van der Waals surface area contributed by atoms with Gasteiger partial charge in [-0.15, -0.1) is 8.58 Å². The molecule has 0 aromatic heterocycles. The van der Waals surface area contributed by atoms with Crippen LogP contribution >= 0.6 is 8.58 Å². The first kappa shape index (κ1) is 10.5. The Labute approximate surface area is 82.0 Å². The van der Waals surface area contributed by atoms with E-state index >= 15 is 0 Å². The van der Waals surface area contributed by atoms with Crippen LogP contribution in [0.3, 0.4) is 0 Å². The van der Waals surface area contributed by atoms with Crippen molar-refractivity contribution in [2.75, 3.05) is 6.66 Å². The maximum Gasteiger partial charge on any atom is 0.115 e. The Bertz CT molecular complexity index is 253. The summed E-state index contributed by atoms with van der Waals surface area (Å²) in [5.74, 6) is 1.03. The van der Waals surface area contributed by atoms with Crippen molar-refractivity contribution in [1.82, 2.24) is 0 Å². The van der Waals surface area contributed by atoms with Crippen LogP contribution in [0.5, 0.6) is 5.75 Å². The van der Waals surface area contributed by atoms with Gasteiger partial charge >= 0.3 is 0 Å². The van der Waals surface area contributed by atoms with E-state index in [1.165, 1.54) is 5.56 Å². The summed E-state index contributed by atoms with van der Waals surface area (Å²) in [7, 11) is 0.922. The molecule has 1 aromatic carbocycles. The molecule has 0 saturated heterocycles. The minimum absolute atomic E-state index is 0.352. The molecule has 2 atom stereocenters. The Balaban J connectivity index is 2.86. The van der Waals surface area contributed by atoms with Crippen molar-refractivity contribution in [3.8, 4) is 5.75 Å². The summed E-state index contributed by atoms with van der Waals surface area (Å²) in [6.45, 7) is 6.72. The van der Waals surface area contributed by atoms with E-state index in [-0.39, 0.29) is 0 Å². The number of hydrogen-bond donors (Lipinski definition) is 1. The van der Waals surface area contributed by atoms with Crippen molar-refractivity contribution in [1.29, 1.82) is 0 Å². The minimum Gasteiger partial charge on any atom is -0.508 e. The fraction of sp³-hybridized carbons (Fsp3) is 0.455. The highest BCUT2D eigenvalue weighted by Gasteiger charge is 2.12. The zero-order valence-corrected chi connectivity index (χ0v) is 9.41. The number of benzene rings is 1. The number of aromatic hydroxyl groups is 1. The molecule has 0 aliphatic carbocycles. The van der Waals surface area contributed by atoms with Crippen molar-refractivity contribution in [3.05, 3.63) is 29.8 Å². The molecule has 0 radical (unpaired) electrons. The van der Waals surface area contributed by atoms with Gasteiger partial charge in [0.1, 0.15) is 5.75 Å². The summed E-state index contributed by atoms with van der Waals surface area (Å²) in [4.78, 5) is 0. The zero-order valence-electron chi connectivity index (χ0n) is 8.41. The molecule has 1 nitrogen and oxygen atoms in total. The highest BCUT2D eigenvalue weighted by atomic mass is 31.1. The Morgan fingerprint density at radius 3 is 2.08 bits per heavy atom. The molecule has 72 valence electrons. The first-order valence-electron chi connectivity index (χ1n) is 4.61. The average molecular weight is 196 g/mol. The molecule has 0 amide bonds. The van der Waals surface area contributed by atoms with Gasteiger partial charge in [0.2, 0.25) is 0 Å². The summed E-state index contributed by atoms with van der Waals surface area (Å²) in [5.41, 5.74) is 1.98. The molecule has 0 bridgehead atoms. The molecule has 2 unspecified atom stereocenters. The van der Waals surface area contributed by atoms with Crippen molar-refractivity contribution < 1.29 is 5.11 Å². The molecule has 1 aromatic rings. The second-order valence-electron chi connectivity index (χ2n) is 3.60. The van der Waals surface area contributed by atoms with Crippen LogP contribution in [0.4, 0.5) is 0 Å². The first-order valence-corrected chi connectivity index (χ1v) is 6.19. The average Bonchev–Trinajstić information content (AvgIpc) is 2.09. The molecule has 1 rings (SSSR count). The van der Waals surface area contributed by atoms with E-state index in [2.05, 4.69) is 20.5 Å². The van der Waals surface area contributed by atoms with E-state index < -0.39 is 0 Å². The van der Waals surface area contributed by atoms with Gasteiger partial charge in [-0.2, -0.15) is 0 Å². The van der Waals surface area contributed by atoms with Gasteiger partial charge in [0, 0.05) is 5.66 Å². The van der Waals surface area contributed by atoms with Crippen molar-refractivity contribution in [2.45, 2.75) is 19.5 Å². The van der Waals surface area contributed by atoms with Crippen LogP contribution in [-0.4, -0.2) is 11.8 Å². The van der Waals surface area contributed by atoms with Crippen LogP contribution in [0, 0.1) is 5.92 Å². The van der Waals surface area contributed by atoms with Crippen LogP contribution in [0.15, 0.2) is 24.3 Å². The second-order valence-corrected chi connectivity index (χ2v) is 4.80. The Kier molecular flexibility index (Phi) is 3.74. The monoisotopic (exact) mass is 196 g/mol. The molecule has 0 aliphatic heterocycles. The SMILES string of the molecule is CPC(c1ccc(O)cc1)C(C)C. The molecule has 2 heteroatoms. The third kappa shape index (κ3) is 2.70. The lowest BCUT2D eigenvalue weighted by Crippen LogP contribution is -2.00. The first-order chi connectivity index (χ1) is 6.15. The summed E-state index contributed by atoms with van der Waals surface area (Å²) in [5, 5.41) is 9.15. The maximum absolute atomic E-state index is 9.15. The Morgan fingerprint density at radius 1 is 1.15 bits per heavy atom. The van der Waals surface area contributed by atoms with Gasteiger partial charge in [-0.25, -0.2) is 0 Å². The van der Waals surface area contributed by atoms with Gasteiger partial charge in [-0.1, -0.05) is 26.0 Å². The topological polar surface area (TPSA) is 20.2 Å². The summed E-state index contributed by atoms with van der Waals surface area (Å²) in [6.07, 6.45) is 0. The van der Waals surface area contributed by atoms with Crippen molar-refractivity contribution in [3.63, 3.8) is 0 Å². The lowest BCUT2D eigenvalue weighted by Gasteiger charge is -2.19. The zero-order chi connectivity index (χ0) is 9.84. The third-order valence-electron chi connectivity index (χ3n) is 2.23. The lowest BCUT2D eigenvalue weighted by molar-refractivity contribution is 0.474. The van der Waals surface area contributed by atoms with E-state index in [1.807, 2.05) is 12.1 Å². The molecular formula is C11H17OP. The number of phenols is 1. The maximum atomic E-state index is 9.15. The van der Waals surface area contributed by atoms with Gasteiger partial charge in [-0.05, 0) is 30.3 Å². The quantitative estimate of drug-likeness (QED) is 0.734. The van der Waals surface area contributed by atoms with Gasteiger partial charge in [0.15, 0.2) is 0 Å². The number of phenolic OH excluding ortho intramolecular Hbond substituents is 1. The molecular weight excluding hydrogens is 179 g/mol. The van der Waals surface area contributed by atoms with E-state index in [9.17, 15) is 0 Å². The smallest absolute Gasteiger partial charge is 0.115 e. The van der Waals surface area contributed by atoms with E-state index in [1.54, 1.807) is 12.1 Å². The fourth-order valence-electron chi connectivity index (χ4n) is 1.57. The Morgan fingerprint density at radius 2 is 1.69 bits per heavy atom. The summed E-state index contributed by atoms with van der Waals surface area (Å²) < 4.78 is 0. The molecule has 0 spiro atoms. The molecule has 0 aliphatic rings. The standard InChI is InChI=1S/C11H17OP/c1-8(2)11(13-3)9-4-6-10(12)7-5-9/h4-8,11-13H,1-3H3. The van der Waals surface area contributed by atoms with Gasteiger partial charge in [-0.3, -0.25) is 0 Å². The minimum atomic E-state index is 0.352. The van der Waals surface area contributed by atoms with Crippen molar-refractivity contribution in [2.24, 2.45) is 5.92 Å². The number of rotatable bonds is 3. The highest BCUT2D eigenvalue weighted by molar-refractivity contribution is 7.37. The highest BCUT2D eigenvalue weighted by Crippen LogP contribution is 2.38. The van der Waals surface area contributed by atoms with E-state index in [0.29, 0.717) is 17.3 Å². The normalized spacial score (nSPS) is 14.2. The predicted octanol–water partition coefficient (Wildman–Crippen LogP) is 3.40. The van der Waals surface area contributed by atoms with Crippen LogP contribution in [-0.2, 0) is 0 Å². The molecule has 13 heavy (non-hydrogen) atoms. The third-order valence-corrected chi connectivity index (χ3v) is 3.85. The molecule has 0 fully saturated rings. The van der Waals surface area contributed by atoms with Crippen LogP contribution < -0.4 is 0 Å². The van der Waals surface area contributed by atoms with E-state index in [0.717, 1.165) is 8.58 Å². The summed E-state index contributed by atoms with van der Waals surface area (Å²) >= 11 is 0. The van der Waals surface area contributed by atoms with Gasteiger partial charge < -0.3 is 5.11 Å². The molecule has 1 N–H and O–H groups in total. The molecule has 0 saturated carbocycles. The second kappa shape index (κ2) is 4.62. The van der Waals surface area contributed by atoms with Crippen LogP contribution in [0.25, 0.3) is 0 Å². The Hall–Kier alpha value is -0.550. The largest absolute Gasteiger partial charge is 0.508 e. The predicted molar refractivity (Wildman–Crippen MR) is 59.9 cm³/mol. The fourth-order valence-corrected chi connectivity index (χ4v) is 2.76. The van der Waals surface area contributed by atoms with E-state index in [4.69, 9.17) is 5.11 Å². The summed E-state index contributed by atoms with van der Waals surface area (Å²) in [6, 6.07) is 7.59. The van der Waals surface area contributed by atoms with Crippen LogP contribution in [0.2, 0.25) is 0 Å². The van der Waals surface area contributed by atoms with Crippen molar-refractivity contribution >= 4 is 8.58 Å². The number of hydrogen-bond acceptors (Lipinski definition) is 1. The molecule has 0 heterocycles. The lowest BCUT2D eigenvalue weighted by atomic mass is 10.0.